The minimum atomic E-state index is -0.585. The second kappa shape index (κ2) is 9.46. The third-order valence-corrected chi connectivity index (χ3v) is 3.24. The first-order chi connectivity index (χ1) is 10.5. The predicted molar refractivity (Wildman–Crippen MR) is 89.5 cm³/mol. The molecule has 22 heavy (non-hydrogen) atoms. The number of nitrogens with zero attached hydrogens (tertiary/aromatic N) is 1. The lowest BCUT2D eigenvalue weighted by Crippen LogP contribution is -2.26. The van der Waals surface area contributed by atoms with Crippen LogP contribution < -0.4 is 0 Å². The summed E-state index contributed by atoms with van der Waals surface area (Å²) in [5.74, 6) is 0.361. The van der Waals surface area contributed by atoms with Gasteiger partial charge in [-0.15, -0.1) is 0 Å². The smallest absolute Gasteiger partial charge is 0.331 e. The van der Waals surface area contributed by atoms with E-state index in [1.807, 2.05) is 39.0 Å². The lowest BCUT2D eigenvalue weighted by Gasteiger charge is -2.16. The number of aliphatic imine (C=N–C) groups is 1. The maximum atomic E-state index is 12.1. The van der Waals surface area contributed by atoms with E-state index in [1.165, 1.54) is 0 Å². The number of ether oxygens (including phenoxy) is 2. The maximum Gasteiger partial charge on any atom is 0.331 e. The number of carbonyl (C=O) groups is 1. The molecule has 0 saturated heterocycles. The number of rotatable bonds is 7. The van der Waals surface area contributed by atoms with Crippen molar-refractivity contribution >= 4 is 23.5 Å². The van der Waals surface area contributed by atoms with Crippen LogP contribution in [0.25, 0.3) is 0 Å². The highest BCUT2D eigenvalue weighted by molar-refractivity contribution is 6.33. The Hall–Kier alpha value is -1.55. The van der Waals surface area contributed by atoms with E-state index in [4.69, 9.17) is 21.1 Å². The van der Waals surface area contributed by atoms with Crippen molar-refractivity contribution in [3.05, 3.63) is 34.9 Å². The van der Waals surface area contributed by atoms with Crippen molar-refractivity contribution in [3.8, 4) is 0 Å². The Balaban J connectivity index is 3.15. The molecule has 0 spiro atoms. The zero-order valence-corrected chi connectivity index (χ0v) is 14.4. The standard InChI is InChI=1S/C17H24ClNO3/c1-5-21-16(13-9-7-8-10-14(13)18)19-15(11-12(3)4)17(20)22-6-2/h7-10,12,15H,5-6,11H2,1-4H3/t15-/m0/s1. The van der Waals surface area contributed by atoms with Crippen LogP contribution in [0.15, 0.2) is 29.3 Å². The largest absolute Gasteiger partial charge is 0.478 e. The Bertz CT molecular complexity index is 514. The molecule has 0 amide bonds. The van der Waals surface area contributed by atoms with Crippen LogP contribution in [-0.2, 0) is 14.3 Å². The number of carbonyl (C=O) groups excluding carboxylic acids is 1. The van der Waals surface area contributed by atoms with E-state index in [0.717, 1.165) is 0 Å². The molecule has 5 heteroatoms. The number of hydrogen-bond acceptors (Lipinski definition) is 4. The summed E-state index contributed by atoms with van der Waals surface area (Å²) in [5.41, 5.74) is 0.684. The van der Waals surface area contributed by atoms with E-state index in [2.05, 4.69) is 4.99 Å². The van der Waals surface area contributed by atoms with Crippen molar-refractivity contribution < 1.29 is 14.3 Å². The average molecular weight is 326 g/mol. The van der Waals surface area contributed by atoms with Gasteiger partial charge in [-0.25, -0.2) is 9.79 Å². The molecule has 4 nitrogen and oxygen atoms in total. The van der Waals surface area contributed by atoms with Gasteiger partial charge >= 0.3 is 5.97 Å². The third kappa shape index (κ3) is 5.68. The maximum absolute atomic E-state index is 12.1. The van der Waals surface area contributed by atoms with Crippen LogP contribution in [0.2, 0.25) is 5.02 Å². The third-order valence-electron chi connectivity index (χ3n) is 2.91. The Morgan fingerprint density at radius 2 is 1.82 bits per heavy atom. The second-order valence-electron chi connectivity index (χ2n) is 5.24. The van der Waals surface area contributed by atoms with Crippen molar-refractivity contribution in [3.63, 3.8) is 0 Å². The molecule has 0 saturated carbocycles. The van der Waals surface area contributed by atoms with Crippen LogP contribution in [0.5, 0.6) is 0 Å². The molecule has 0 N–H and O–H groups in total. The van der Waals surface area contributed by atoms with Gasteiger partial charge in [0, 0.05) is 0 Å². The molecule has 122 valence electrons. The summed E-state index contributed by atoms with van der Waals surface area (Å²) in [6.07, 6.45) is 0.597. The van der Waals surface area contributed by atoms with Crippen molar-refractivity contribution in [2.45, 2.75) is 40.2 Å². The monoisotopic (exact) mass is 325 g/mol. The fourth-order valence-electron chi connectivity index (χ4n) is 1.98. The summed E-state index contributed by atoms with van der Waals surface area (Å²) in [6.45, 7) is 8.51. The van der Waals surface area contributed by atoms with Crippen molar-refractivity contribution in [1.29, 1.82) is 0 Å². The van der Waals surface area contributed by atoms with Crippen LogP contribution in [-0.4, -0.2) is 31.1 Å². The van der Waals surface area contributed by atoms with Crippen molar-refractivity contribution in [2.75, 3.05) is 13.2 Å². The van der Waals surface area contributed by atoms with Crippen LogP contribution >= 0.6 is 11.6 Å². The molecule has 1 aromatic rings. The topological polar surface area (TPSA) is 47.9 Å². The summed E-state index contributed by atoms with van der Waals surface area (Å²) in [7, 11) is 0. The lowest BCUT2D eigenvalue weighted by atomic mass is 10.0. The first-order valence-corrected chi connectivity index (χ1v) is 7.99. The Morgan fingerprint density at radius 3 is 2.36 bits per heavy atom. The van der Waals surface area contributed by atoms with Gasteiger partial charge < -0.3 is 9.47 Å². The Morgan fingerprint density at radius 1 is 1.18 bits per heavy atom. The second-order valence-corrected chi connectivity index (χ2v) is 5.65. The summed E-state index contributed by atoms with van der Waals surface area (Å²) >= 11 is 6.21. The fraction of sp³-hybridized carbons (Fsp3) is 0.529. The molecule has 0 heterocycles. The molecule has 0 aliphatic heterocycles. The molecule has 0 unspecified atom stereocenters. The van der Waals surface area contributed by atoms with Gasteiger partial charge in [-0.2, -0.15) is 0 Å². The van der Waals surface area contributed by atoms with Crippen LogP contribution in [0.1, 0.15) is 39.7 Å². The first-order valence-electron chi connectivity index (χ1n) is 7.61. The van der Waals surface area contributed by atoms with E-state index < -0.39 is 6.04 Å². The summed E-state index contributed by atoms with van der Waals surface area (Å²) in [5, 5.41) is 0.543. The van der Waals surface area contributed by atoms with Gasteiger partial charge in [-0.05, 0) is 38.3 Å². The predicted octanol–water partition coefficient (Wildman–Crippen LogP) is 4.10. The molecule has 0 aliphatic carbocycles. The molecule has 1 aromatic carbocycles. The summed E-state index contributed by atoms with van der Waals surface area (Å²) in [6, 6.07) is 6.71. The van der Waals surface area contributed by atoms with Crippen LogP contribution in [0, 0.1) is 5.92 Å². The number of esters is 1. The lowest BCUT2D eigenvalue weighted by molar-refractivity contribution is -0.145. The summed E-state index contributed by atoms with van der Waals surface area (Å²) in [4.78, 5) is 16.6. The van der Waals surface area contributed by atoms with Gasteiger partial charge in [-0.1, -0.05) is 37.6 Å². The Kier molecular flexibility index (Phi) is 7.96. The average Bonchev–Trinajstić information content (AvgIpc) is 2.46. The van der Waals surface area contributed by atoms with E-state index >= 15 is 0 Å². The molecule has 0 bridgehead atoms. The van der Waals surface area contributed by atoms with Gasteiger partial charge in [0.1, 0.15) is 0 Å². The molecule has 1 atom stereocenters. The first kappa shape index (κ1) is 18.5. The van der Waals surface area contributed by atoms with Crippen molar-refractivity contribution in [2.24, 2.45) is 10.9 Å². The molecule has 0 fully saturated rings. The van der Waals surface area contributed by atoms with Crippen LogP contribution in [0.3, 0.4) is 0 Å². The minimum absolute atomic E-state index is 0.312. The number of benzene rings is 1. The molecular weight excluding hydrogens is 302 g/mol. The zero-order valence-electron chi connectivity index (χ0n) is 13.6. The fourth-order valence-corrected chi connectivity index (χ4v) is 2.20. The van der Waals surface area contributed by atoms with Gasteiger partial charge in [0.25, 0.3) is 0 Å². The highest BCUT2D eigenvalue weighted by Crippen LogP contribution is 2.19. The minimum Gasteiger partial charge on any atom is -0.478 e. The van der Waals surface area contributed by atoms with Crippen LogP contribution in [0.4, 0.5) is 0 Å². The summed E-state index contributed by atoms with van der Waals surface area (Å²) < 4.78 is 10.7. The molecular formula is C17H24ClNO3. The normalized spacial score (nSPS) is 13.1. The van der Waals surface area contributed by atoms with E-state index in [1.54, 1.807) is 13.0 Å². The van der Waals surface area contributed by atoms with Gasteiger partial charge in [0.15, 0.2) is 6.04 Å². The van der Waals surface area contributed by atoms with E-state index in [9.17, 15) is 4.79 Å². The van der Waals surface area contributed by atoms with Crippen molar-refractivity contribution in [1.82, 2.24) is 0 Å². The van der Waals surface area contributed by atoms with Gasteiger partial charge in [0.05, 0.1) is 23.8 Å². The molecule has 0 radical (unpaired) electrons. The quantitative estimate of drug-likeness (QED) is 0.431. The molecule has 1 rings (SSSR count). The SMILES string of the molecule is CCOC(=O)[C@H](CC(C)C)N=C(OCC)c1ccccc1Cl. The van der Waals surface area contributed by atoms with Gasteiger partial charge in [0.2, 0.25) is 5.90 Å². The highest BCUT2D eigenvalue weighted by atomic mass is 35.5. The number of hydrogen-bond donors (Lipinski definition) is 0. The Labute approximate surface area is 137 Å². The molecule has 0 aromatic heterocycles. The molecule has 0 aliphatic rings. The highest BCUT2D eigenvalue weighted by Gasteiger charge is 2.22. The van der Waals surface area contributed by atoms with Gasteiger partial charge in [-0.3, -0.25) is 0 Å². The van der Waals surface area contributed by atoms with E-state index in [-0.39, 0.29) is 5.97 Å². The zero-order chi connectivity index (χ0) is 16.5. The van der Waals surface area contributed by atoms with E-state index in [0.29, 0.717) is 42.0 Å². The number of halogens is 1.